The summed E-state index contributed by atoms with van der Waals surface area (Å²) in [4.78, 5) is -0.0607. The Morgan fingerprint density at radius 1 is 1.19 bits per heavy atom. The van der Waals surface area contributed by atoms with E-state index in [1.165, 1.54) is 37.4 Å². The maximum absolute atomic E-state index is 13.7. The first-order chi connectivity index (χ1) is 9.83. The van der Waals surface area contributed by atoms with Crippen LogP contribution in [0, 0.1) is 12.7 Å². The van der Waals surface area contributed by atoms with Gasteiger partial charge in [-0.1, -0.05) is 6.07 Å². The maximum Gasteiger partial charge on any atom is 0.262 e. The lowest BCUT2D eigenvalue weighted by Gasteiger charge is -2.11. The standard InChI is InChI=1S/C14H15FN2O3S/c1-9-3-5-11(15)13(7-9)17-21(18,19)10-4-6-12(16)14(8-10)20-2/h3-8,17H,16H2,1-2H3. The molecule has 0 radical (unpaired) electrons. The summed E-state index contributed by atoms with van der Waals surface area (Å²) in [6.45, 7) is 1.74. The van der Waals surface area contributed by atoms with E-state index in [4.69, 9.17) is 10.5 Å². The van der Waals surface area contributed by atoms with Gasteiger partial charge < -0.3 is 10.5 Å². The van der Waals surface area contributed by atoms with Crippen LogP contribution >= 0.6 is 0 Å². The fraction of sp³-hybridized carbons (Fsp3) is 0.143. The van der Waals surface area contributed by atoms with E-state index in [1.807, 2.05) is 0 Å². The van der Waals surface area contributed by atoms with Crippen LogP contribution in [0.25, 0.3) is 0 Å². The van der Waals surface area contributed by atoms with E-state index < -0.39 is 15.8 Å². The van der Waals surface area contributed by atoms with E-state index in [0.29, 0.717) is 5.69 Å². The summed E-state index contributed by atoms with van der Waals surface area (Å²) < 4.78 is 45.4. The molecule has 3 N–H and O–H groups in total. The Morgan fingerprint density at radius 3 is 2.57 bits per heavy atom. The van der Waals surface area contributed by atoms with E-state index in [9.17, 15) is 12.8 Å². The molecule has 0 spiro atoms. The third-order valence-electron chi connectivity index (χ3n) is 2.88. The number of rotatable bonds is 4. The summed E-state index contributed by atoms with van der Waals surface area (Å²) >= 11 is 0. The van der Waals surface area contributed by atoms with Gasteiger partial charge in [0.05, 0.1) is 23.4 Å². The first kappa shape index (κ1) is 15.1. The van der Waals surface area contributed by atoms with Crippen molar-refractivity contribution in [1.82, 2.24) is 0 Å². The molecule has 7 heteroatoms. The highest BCUT2D eigenvalue weighted by Gasteiger charge is 2.18. The third kappa shape index (κ3) is 3.25. The lowest BCUT2D eigenvalue weighted by molar-refractivity contribution is 0.415. The van der Waals surface area contributed by atoms with Crippen molar-refractivity contribution in [2.45, 2.75) is 11.8 Å². The van der Waals surface area contributed by atoms with Gasteiger partial charge in [-0.15, -0.1) is 0 Å². The first-order valence-corrected chi connectivity index (χ1v) is 7.54. The molecule has 0 aliphatic rings. The zero-order valence-electron chi connectivity index (χ0n) is 11.6. The van der Waals surface area contributed by atoms with Gasteiger partial charge in [0.2, 0.25) is 0 Å². The number of ether oxygens (including phenoxy) is 1. The molecule has 0 aliphatic carbocycles. The average molecular weight is 310 g/mol. The molecule has 2 rings (SSSR count). The van der Waals surface area contributed by atoms with Gasteiger partial charge in [0, 0.05) is 6.07 Å². The molecule has 0 aliphatic heterocycles. The second-order valence-corrected chi connectivity index (χ2v) is 6.17. The minimum atomic E-state index is -3.93. The van der Waals surface area contributed by atoms with Crippen molar-refractivity contribution >= 4 is 21.4 Å². The third-order valence-corrected chi connectivity index (χ3v) is 4.24. The van der Waals surface area contributed by atoms with Crippen molar-refractivity contribution < 1.29 is 17.5 Å². The molecule has 2 aromatic carbocycles. The molecule has 0 atom stereocenters. The van der Waals surface area contributed by atoms with E-state index in [-0.39, 0.29) is 16.3 Å². The molecular formula is C14H15FN2O3S. The average Bonchev–Trinajstić information content (AvgIpc) is 2.43. The molecule has 0 saturated carbocycles. The predicted molar refractivity (Wildman–Crippen MR) is 79.4 cm³/mol. The summed E-state index contributed by atoms with van der Waals surface area (Å²) in [6.07, 6.45) is 0. The van der Waals surface area contributed by atoms with Crippen molar-refractivity contribution in [3.8, 4) is 5.75 Å². The Hall–Kier alpha value is -2.28. The molecule has 0 amide bonds. The summed E-state index contributed by atoms with van der Waals surface area (Å²) in [5.74, 6) is -0.408. The van der Waals surface area contributed by atoms with E-state index in [1.54, 1.807) is 13.0 Å². The zero-order chi connectivity index (χ0) is 15.6. The van der Waals surface area contributed by atoms with E-state index in [0.717, 1.165) is 5.56 Å². The Bertz CT molecular complexity index is 776. The Morgan fingerprint density at radius 2 is 1.90 bits per heavy atom. The zero-order valence-corrected chi connectivity index (χ0v) is 12.4. The van der Waals surface area contributed by atoms with Crippen LogP contribution in [-0.2, 0) is 10.0 Å². The van der Waals surface area contributed by atoms with Gasteiger partial charge in [0.1, 0.15) is 11.6 Å². The lowest BCUT2D eigenvalue weighted by Crippen LogP contribution is -2.14. The molecule has 0 fully saturated rings. The van der Waals surface area contributed by atoms with Crippen molar-refractivity contribution in [3.05, 3.63) is 47.8 Å². The normalized spacial score (nSPS) is 11.2. The second-order valence-electron chi connectivity index (χ2n) is 4.49. The maximum atomic E-state index is 13.7. The molecular weight excluding hydrogens is 295 g/mol. The van der Waals surface area contributed by atoms with Gasteiger partial charge >= 0.3 is 0 Å². The van der Waals surface area contributed by atoms with Crippen LogP contribution in [0.2, 0.25) is 0 Å². The van der Waals surface area contributed by atoms with Gasteiger partial charge in [0.25, 0.3) is 10.0 Å². The van der Waals surface area contributed by atoms with Crippen LogP contribution in [0.15, 0.2) is 41.3 Å². The van der Waals surface area contributed by atoms with Crippen LogP contribution in [0.1, 0.15) is 5.56 Å². The van der Waals surface area contributed by atoms with Crippen LogP contribution in [0.3, 0.4) is 0 Å². The minimum absolute atomic E-state index is 0.0607. The molecule has 0 saturated heterocycles. The molecule has 0 aromatic heterocycles. The van der Waals surface area contributed by atoms with Crippen molar-refractivity contribution in [1.29, 1.82) is 0 Å². The highest BCUT2D eigenvalue weighted by molar-refractivity contribution is 7.92. The Balaban J connectivity index is 2.41. The Labute approximate surface area is 122 Å². The second kappa shape index (κ2) is 5.61. The predicted octanol–water partition coefficient (Wildman–Crippen LogP) is 2.53. The number of hydrogen-bond donors (Lipinski definition) is 2. The van der Waals surface area contributed by atoms with E-state index >= 15 is 0 Å². The number of anilines is 2. The fourth-order valence-corrected chi connectivity index (χ4v) is 2.85. The fourth-order valence-electron chi connectivity index (χ4n) is 1.78. The summed E-state index contributed by atoms with van der Waals surface area (Å²) in [6, 6.07) is 8.21. The van der Waals surface area contributed by atoms with Gasteiger partial charge in [0.15, 0.2) is 0 Å². The summed E-state index contributed by atoms with van der Waals surface area (Å²) in [5, 5.41) is 0. The topological polar surface area (TPSA) is 81.4 Å². The van der Waals surface area contributed by atoms with Gasteiger partial charge in [-0.05, 0) is 36.8 Å². The van der Waals surface area contributed by atoms with Gasteiger partial charge in [-0.3, -0.25) is 4.72 Å². The van der Waals surface area contributed by atoms with Gasteiger partial charge in [-0.2, -0.15) is 0 Å². The lowest BCUT2D eigenvalue weighted by atomic mass is 10.2. The van der Waals surface area contributed by atoms with Crippen molar-refractivity contribution in [2.24, 2.45) is 0 Å². The molecule has 0 heterocycles. The molecule has 21 heavy (non-hydrogen) atoms. The van der Waals surface area contributed by atoms with Crippen LogP contribution in [0.5, 0.6) is 5.75 Å². The van der Waals surface area contributed by atoms with Gasteiger partial charge in [-0.25, -0.2) is 12.8 Å². The SMILES string of the molecule is COc1cc(S(=O)(=O)Nc2cc(C)ccc2F)ccc1N. The number of halogens is 1. The Kier molecular flexibility index (Phi) is 4.04. The first-order valence-electron chi connectivity index (χ1n) is 6.06. The quantitative estimate of drug-likeness (QED) is 0.850. The number of nitrogens with two attached hydrogens (primary N) is 1. The monoisotopic (exact) mass is 310 g/mol. The number of nitrogen functional groups attached to an aromatic ring is 1. The van der Waals surface area contributed by atoms with Crippen molar-refractivity contribution in [2.75, 3.05) is 17.6 Å². The number of sulfonamides is 1. The van der Waals surface area contributed by atoms with Crippen LogP contribution in [-0.4, -0.2) is 15.5 Å². The van der Waals surface area contributed by atoms with Crippen LogP contribution in [0.4, 0.5) is 15.8 Å². The van der Waals surface area contributed by atoms with E-state index in [2.05, 4.69) is 4.72 Å². The number of aryl methyl sites for hydroxylation is 1. The number of hydrogen-bond acceptors (Lipinski definition) is 4. The summed E-state index contributed by atoms with van der Waals surface area (Å²) in [5.41, 5.74) is 6.59. The number of methoxy groups -OCH3 is 1. The molecule has 112 valence electrons. The number of nitrogens with one attached hydrogen (secondary N) is 1. The summed E-state index contributed by atoms with van der Waals surface area (Å²) in [7, 11) is -2.54. The minimum Gasteiger partial charge on any atom is -0.495 e. The number of benzene rings is 2. The molecule has 2 aromatic rings. The highest BCUT2D eigenvalue weighted by atomic mass is 32.2. The largest absolute Gasteiger partial charge is 0.495 e. The smallest absolute Gasteiger partial charge is 0.262 e. The highest BCUT2D eigenvalue weighted by Crippen LogP contribution is 2.26. The molecule has 0 bridgehead atoms. The van der Waals surface area contributed by atoms with Crippen LogP contribution < -0.4 is 15.2 Å². The molecule has 0 unspecified atom stereocenters. The molecule has 5 nitrogen and oxygen atoms in total. The van der Waals surface area contributed by atoms with Crippen molar-refractivity contribution in [3.63, 3.8) is 0 Å².